The van der Waals surface area contributed by atoms with Gasteiger partial charge < -0.3 is 9.47 Å². The highest BCUT2D eigenvalue weighted by Gasteiger charge is 2.24. The minimum Gasteiger partial charge on any atom is -0.491 e. The molecule has 2 nitrogen and oxygen atoms in total. The lowest BCUT2D eigenvalue weighted by Crippen LogP contribution is -2.13. The first-order valence-corrected chi connectivity index (χ1v) is 13.1. The maximum Gasteiger partial charge on any atom is 0.165 e. The maximum absolute atomic E-state index is 14.8. The van der Waals surface area contributed by atoms with Crippen LogP contribution in [0.1, 0.15) is 75.8 Å². The van der Waals surface area contributed by atoms with Crippen LogP contribution in [-0.2, 0) is 6.61 Å². The Bertz CT molecular complexity index is 1140. The van der Waals surface area contributed by atoms with Crippen LogP contribution < -0.4 is 9.47 Å². The minimum atomic E-state index is -0.824. The van der Waals surface area contributed by atoms with Gasteiger partial charge in [-0.15, -0.1) is 0 Å². The number of rotatable bonds is 10. The summed E-state index contributed by atoms with van der Waals surface area (Å²) in [7, 11) is 0. The van der Waals surface area contributed by atoms with Crippen LogP contribution in [0.2, 0.25) is 0 Å². The molecular formula is C31H35F3O2. The summed E-state index contributed by atoms with van der Waals surface area (Å²) in [6.07, 6.45) is 6.95. The highest BCUT2D eigenvalue weighted by Crippen LogP contribution is 2.37. The van der Waals surface area contributed by atoms with Crippen LogP contribution in [0.25, 0.3) is 11.1 Å². The molecule has 4 rings (SSSR count). The first-order chi connectivity index (χ1) is 17.5. The summed E-state index contributed by atoms with van der Waals surface area (Å²) >= 11 is 0. The Morgan fingerprint density at radius 2 is 1.50 bits per heavy atom. The largest absolute Gasteiger partial charge is 0.491 e. The number of hydrogen-bond acceptors (Lipinski definition) is 2. The molecule has 0 bridgehead atoms. The number of hydrogen-bond donors (Lipinski definition) is 0. The van der Waals surface area contributed by atoms with Crippen LogP contribution in [0.5, 0.6) is 11.5 Å². The van der Waals surface area contributed by atoms with E-state index in [4.69, 9.17) is 9.47 Å². The molecule has 0 N–H and O–H groups in total. The third-order valence-electron chi connectivity index (χ3n) is 7.17. The second-order valence-corrected chi connectivity index (χ2v) is 9.91. The summed E-state index contributed by atoms with van der Waals surface area (Å²) in [6, 6.07) is 15.4. The van der Waals surface area contributed by atoms with Crippen molar-refractivity contribution in [3.63, 3.8) is 0 Å². The Labute approximate surface area is 212 Å². The van der Waals surface area contributed by atoms with E-state index in [2.05, 4.69) is 13.8 Å². The molecule has 1 fully saturated rings. The van der Waals surface area contributed by atoms with Gasteiger partial charge in [-0.05, 0) is 72.1 Å². The number of ether oxygens (including phenoxy) is 2. The quantitative estimate of drug-likeness (QED) is 0.261. The standard InChI is InChI=1S/C31H35F3O2/c1-3-4-5-18-35-29-17-13-24(19-28(29)32)22-10-14-26(15-11-22)36-20-25-12-16-27(31(34)30(25)33)23-8-6-21(2)7-9-23/h10-17,19,21,23H,3-9,18,20H2,1-2H3. The molecule has 0 spiro atoms. The molecule has 0 saturated heterocycles. The van der Waals surface area contributed by atoms with Crippen molar-refractivity contribution in [2.75, 3.05) is 6.61 Å². The smallest absolute Gasteiger partial charge is 0.165 e. The molecule has 0 heterocycles. The SMILES string of the molecule is CCCCCOc1ccc(-c2ccc(OCc3ccc(C4CCC(C)CC4)c(F)c3F)cc2)cc1F. The van der Waals surface area contributed by atoms with Gasteiger partial charge in [0.25, 0.3) is 0 Å². The van der Waals surface area contributed by atoms with Gasteiger partial charge in [0.15, 0.2) is 23.2 Å². The zero-order valence-electron chi connectivity index (χ0n) is 21.2. The summed E-state index contributed by atoms with van der Waals surface area (Å²) in [6.45, 7) is 4.75. The van der Waals surface area contributed by atoms with Crippen molar-refractivity contribution < 1.29 is 22.6 Å². The summed E-state index contributed by atoms with van der Waals surface area (Å²) < 4.78 is 55.3. The molecule has 1 saturated carbocycles. The fourth-order valence-electron chi connectivity index (χ4n) is 4.84. The highest BCUT2D eigenvalue weighted by molar-refractivity contribution is 5.65. The van der Waals surface area contributed by atoms with E-state index < -0.39 is 17.5 Å². The monoisotopic (exact) mass is 496 g/mol. The van der Waals surface area contributed by atoms with E-state index >= 15 is 0 Å². The molecule has 1 aliphatic rings. The Hall–Kier alpha value is -2.95. The van der Waals surface area contributed by atoms with E-state index in [0.717, 1.165) is 56.1 Å². The van der Waals surface area contributed by atoms with Crippen molar-refractivity contribution in [1.29, 1.82) is 0 Å². The lowest BCUT2D eigenvalue weighted by molar-refractivity contribution is 0.291. The first-order valence-electron chi connectivity index (χ1n) is 13.1. The predicted molar refractivity (Wildman–Crippen MR) is 138 cm³/mol. The fraction of sp³-hybridized carbons (Fsp3) is 0.419. The van der Waals surface area contributed by atoms with Crippen molar-refractivity contribution in [2.45, 2.75) is 71.3 Å². The predicted octanol–water partition coefficient (Wildman–Crippen LogP) is 9.21. The molecule has 1 aliphatic carbocycles. The van der Waals surface area contributed by atoms with Crippen LogP contribution in [0.4, 0.5) is 13.2 Å². The van der Waals surface area contributed by atoms with Gasteiger partial charge in [0, 0.05) is 5.56 Å². The normalized spacial score (nSPS) is 17.7. The molecule has 36 heavy (non-hydrogen) atoms. The van der Waals surface area contributed by atoms with Crippen LogP contribution in [0.3, 0.4) is 0 Å². The molecule has 0 aliphatic heterocycles. The van der Waals surface area contributed by atoms with E-state index in [1.165, 1.54) is 6.07 Å². The van der Waals surface area contributed by atoms with Gasteiger partial charge >= 0.3 is 0 Å². The summed E-state index contributed by atoms with van der Waals surface area (Å²) in [5.41, 5.74) is 2.22. The van der Waals surface area contributed by atoms with Gasteiger partial charge in [-0.3, -0.25) is 0 Å². The maximum atomic E-state index is 14.8. The van der Waals surface area contributed by atoms with Gasteiger partial charge in [0.1, 0.15) is 12.4 Å². The molecule has 192 valence electrons. The number of unbranched alkanes of at least 4 members (excludes halogenated alkanes) is 2. The van der Waals surface area contributed by atoms with Gasteiger partial charge in [0.05, 0.1) is 6.61 Å². The van der Waals surface area contributed by atoms with E-state index in [1.54, 1.807) is 30.3 Å². The van der Waals surface area contributed by atoms with Crippen molar-refractivity contribution in [3.05, 3.63) is 83.2 Å². The van der Waals surface area contributed by atoms with Gasteiger partial charge in [-0.2, -0.15) is 0 Å². The van der Waals surface area contributed by atoms with Crippen LogP contribution in [-0.4, -0.2) is 6.61 Å². The zero-order chi connectivity index (χ0) is 25.5. The third-order valence-corrected chi connectivity index (χ3v) is 7.17. The molecule has 3 aromatic rings. The molecule has 0 amide bonds. The van der Waals surface area contributed by atoms with E-state index in [-0.39, 0.29) is 23.8 Å². The lowest BCUT2D eigenvalue weighted by atomic mass is 9.79. The Balaban J connectivity index is 1.36. The topological polar surface area (TPSA) is 18.5 Å². The molecular weight excluding hydrogens is 461 g/mol. The lowest BCUT2D eigenvalue weighted by Gasteiger charge is -2.27. The first kappa shape index (κ1) is 26.1. The molecule has 0 aromatic heterocycles. The third kappa shape index (κ3) is 6.43. The molecule has 0 unspecified atom stereocenters. The molecule has 3 aromatic carbocycles. The van der Waals surface area contributed by atoms with Crippen LogP contribution in [0, 0.1) is 23.4 Å². The summed E-state index contributed by atoms with van der Waals surface area (Å²) in [4.78, 5) is 0. The summed E-state index contributed by atoms with van der Waals surface area (Å²) in [5.74, 6) is -0.437. The highest BCUT2D eigenvalue weighted by atomic mass is 19.2. The molecule has 0 atom stereocenters. The van der Waals surface area contributed by atoms with Crippen molar-refractivity contribution >= 4 is 0 Å². The van der Waals surface area contributed by atoms with Crippen LogP contribution >= 0.6 is 0 Å². The molecule has 5 heteroatoms. The van der Waals surface area contributed by atoms with Crippen molar-refractivity contribution in [1.82, 2.24) is 0 Å². The van der Waals surface area contributed by atoms with Crippen molar-refractivity contribution in [3.8, 4) is 22.6 Å². The van der Waals surface area contributed by atoms with Crippen LogP contribution in [0.15, 0.2) is 54.6 Å². The Morgan fingerprint density at radius 3 is 2.19 bits per heavy atom. The zero-order valence-corrected chi connectivity index (χ0v) is 21.2. The summed E-state index contributed by atoms with van der Waals surface area (Å²) in [5, 5.41) is 0. The number of benzene rings is 3. The van der Waals surface area contributed by atoms with Gasteiger partial charge in [-0.1, -0.05) is 69.9 Å². The van der Waals surface area contributed by atoms with Crippen molar-refractivity contribution in [2.24, 2.45) is 5.92 Å². The fourth-order valence-corrected chi connectivity index (χ4v) is 4.84. The van der Waals surface area contributed by atoms with E-state index in [9.17, 15) is 13.2 Å². The van der Waals surface area contributed by atoms with Gasteiger partial charge in [0.2, 0.25) is 0 Å². The Morgan fingerprint density at radius 1 is 0.778 bits per heavy atom. The number of halogens is 3. The second-order valence-electron chi connectivity index (χ2n) is 9.91. The van der Waals surface area contributed by atoms with E-state index in [0.29, 0.717) is 23.8 Å². The average Bonchev–Trinajstić information content (AvgIpc) is 2.89. The Kier molecular flexibility index (Phi) is 8.95. The second kappa shape index (κ2) is 12.3. The van der Waals surface area contributed by atoms with E-state index in [1.807, 2.05) is 18.2 Å². The molecule has 0 radical (unpaired) electrons. The van der Waals surface area contributed by atoms with Gasteiger partial charge in [-0.25, -0.2) is 13.2 Å². The average molecular weight is 497 g/mol. The minimum absolute atomic E-state index is 0.0667.